The lowest BCUT2D eigenvalue weighted by molar-refractivity contribution is -0.181. The van der Waals surface area contributed by atoms with Crippen LogP contribution in [-0.2, 0) is 19.1 Å². The van der Waals surface area contributed by atoms with Gasteiger partial charge in [-0.1, -0.05) is 26.3 Å². The van der Waals surface area contributed by atoms with Gasteiger partial charge in [0.15, 0.2) is 11.6 Å². The largest absolute Gasteiger partial charge is 0.430 e. The predicted octanol–water partition coefficient (Wildman–Crippen LogP) is 2.45. The highest BCUT2D eigenvalue weighted by Crippen LogP contribution is 2.72. The maximum Gasteiger partial charge on any atom is 0.310 e. The third-order valence-electron chi connectivity index (χ3n) is 9.43. The lowest BCUT2D eigenvalue weighted by atomic mass is 9.45. The van der Waals surface area contributed by atoms with E-state index in [9.17, 15) is 29.7 Å². The van der Waals surface area contributed by atoms with E-state index in [0.717, 1.165) is 5.57 Å². The quantitative estimate of drug-likeness (QED) is 0.417. The minimum Gasteiger partial charge on any atom is -0.430 e. The third-order valence-corrected chi connectivity index (χ3v) is 10.3. The van der Waals surface area contributed by atoms with Crippen LogP contribution in [0.15, 0.2) is 23.5 Å². The number of ether oxygens (including phenoxy) is 1. The summed E-state index contributed by atoms with van der Waals surface area (Å²) in [4.78, 5) is 36.1. The zero-order valence-electron chi connectivity index (χ0n) is 19.6. The van der Waals surface area contributed by atoms with E-state index in [1.807, 2.05) is 6.92 Å². The van der Waals surface area contributed by atoms with E-state index in [-0.39, 0.29) is 36.2 Å². The number of alkyl halides is 1. The average molecular weight is 481 g/mol. The minimum atomic E-state index is -1.78. The molecule has 0 aromatic carbocycles. The Hall–Kier alpha value is -1.54. The zero-order chi connectivity index (χ0) is 24.6. The number of Topliss-reactive ketones (excluding diaryl/α,β-unsaturated/α-hetero) is 1. The van der Waals surface area contributed by atoms with Crippen LogP contribution >= 0.6 is 11.6 Å². The molecule has 182 valence electrons. The van der Waals surface area contributed by atoms with Crippen LogP contribution in [-0.4, -0.2) is 56.0 Å². The van der Waals surface area contributed by atoms with Crippen molar-refractivity contribution in [1.29, 1.82) is 0 Å². The van der Waals surface area contributed by atoms with Crippen LogP contribution in [0.3, 0.4) is 0 Å². The Morgan fingerprint density at radius 1 is 1.24 bits per heavy atom. The van der Waals surface area contributed by atoms with Crippen molar-refractivity contribution < 1.29 is 34.4 Å². The zero-order valence-corrected chi connectivity index (χ0v) is 20.3. The summed E-state index contributed by atoms with van der Waals surface area (Å²) in [6, 6.07) is 0. The van der Waals surface area contributed by atoms with E-state index in [2.05, 4.69) is 0 Å². The third kappa shape index (κ3) is 2.89. The van der Waals surface area contributed by atoms with Crippen molar-refractivity contribution >= 4 is 29.1 Å². The second-order valence-corrected chi connectivity index (χ2v) is 11.3. The highest BCUT2D eigenvalue weighted by molar-refractivity contribution is 6.26. The predicted molar refractivity (Wildman–Crippen MR) is 120 cm³/mol. The molecule has 4 aliphatic rings. The van der Waals surface area contributed by atoms with Crippen molar-refractivity contribution in [3.8, 4) is 0 Å². The van der Waals surface area contributed by atoms with Gasteiger partial charge in [-0.25, -0.2) is 0 Å². The molecule has 0 spiro atoms. The fourth-order valence-electron chi connectivity index (χ4n) is 7.68. The molecule has 0 radical (unpaired) electrons. The normalized spacial score (nSPS) is 46.5. The van der Waals surface area contributed by atoms with Crippen molar-refractivity contribution in [3.63, 3.8) is 0 Å². The van der Waals surface area contributed by atoms with Gasteiger partial charge in [0.2, 0.25) is 0 Å². The van der Waals surface area contributed by atoms with Gasteiger partial charge in [-0.2, -0.15) is 0 Å². The number of halogens is 1. The van der Waals surface area contributed by atoms with E-state index >= 15 is 0 Å². The molecular formula is C25H33ClO7. The van der Waals surface area contributed by atoms with E-state index in [4.69, 9.17) is 16.3 Å². The molecule has 4 aliphatic carbocycles. The SMILES string of the molecule is CCC(=O)OC1=CC(=O)C=C2CCC3C4CC(C)C(O)(C(=O)CO)C4(C)CC(O)C3(Cl)C21C. The summed E-state index contributed by atoms with van der Waals surface area (Å²) in [5, 5.41) is 32.8. The van der Waals surface area contributed by atoms with Gasteiger partial charge in [0, 0.05) is 17.9 Å². The van der Waals surface area contributed by atoms with Crippen LogP contribution < -0.4 is 0 Å². The Bertz CT molecular complexity index is 972. The van der Waals surface area contributed by atoms with Gasteiger partial charge >= 0.3 is 5.97 Å². The molecule has 8 heteroatoms. The minimum absolute atomic E-state index is 0.0378. The Labute approximate surface area is 198 Å². The second-order valence-electron chi connectivity index (χ2n) is 10.7. The standard InChI is InChI=1S/C25H33ClO7/c1-5-21(31)33-20-10-15(28)9-14-6-7-16-17-8-13(2)25(32,19(30)12-27)22(17,3)11-18(29)24(16,26)23(14,20)4/h9-10,13,16-18,27,29,32H,5-8,11-12H2,1-4H3. The van der Waals surface area contributed by atoms with E-state index in [1.54, 1.807) is 20.8 Å². The maximum absolute atomic E-state index is 12.8. The fourth-order valence-corrected chi connectivity index (χ4v) is 8.23. The lowest BCUT2D eigenvalue weighted by Gasteiger charge is -2.64. The highest BCUT2D eigenvalue weighted by Gasteiger charge is 2.75. The highest BCUT2D eigenvalue weighted by atomic mass is 35.5. The lowest BCUT2D eigenvalue weighted by Crippen LogP contribution is -2.69. The van der Waals surface area contributed by atoms with Crippen molar-refractivity contribution in [2.45, 2.75) is 76.4 Å². The molecule has 0 bridgehead atoms. The van der Waals surface area contributed by atoms with Gasteiger partial charge in [-0.05, 0) is 56.4 Å². The van der Waals surface area contributed by atoms with Gasteiger partial charge in [-0.3, -0.25) is 14.4 Å². The molecule has 0 aromatic heterocycles. The van der Waals surface area contributed by atoms with E-state index < -0.39 is 51.7 Å². The van der Waals surface area contributed by atoms with Crippen LogP contribution in [0.1, 0.15) is 59.8 Å². The number of rotatable bonds is 4. The summed E-state index contributed by atoms with van der Waals surface area (Å²) in [5.74, 6) is -2.24. The number of aliphatic hydroxyl groups is 3. The number of carbonyl (C=O) groups is 3. The topological polar surface area (TPSA) is 121 Å². The second kappa shape index (κ2) is 7.74. The van der Waals surface area contributed by atoms with Crippen LogP contribution in [0.4, 0.5) is 0 Å². The van der Waals surface area contributed by atoms with Gasteiger partial charge in [0.05, 0.1) is 16.4 Å². The molecule has 0 saturated heterocycles. The number of ketones is 2. The molecule has 3 saturated carbocycles. The number of fused-ring (bicyclic) bond motifs is 5. The summed E-state index contributed by atoms with van der Waals surface area (Å²) >= 11 is 7.44. The number of esters is 1. The Balaban J connectivity index is 1.85. The molecule has 0 amide bonds. The van der Waals surface area contributed by atoms with Crippen molar-refractivity contribution in [3.05, 3.63) is 23.5 Å². The first-order valence-electron chi connectivity index (χ1n) is 11.7. The Kier molecular flexibility index (Phi) is 5.76. The summed E-state index contributed by atoms with van der Waals surface area (Å²) in [6.07, 6.45) is 3.38. The number of allylic oxidation sites excluding steroid dienone is 3. The number of aliphatic hydroxyl groups excluding tert-OH is 2. The van der Waals surface area contributed by atoms with Gasteiger partial charge < -0.3 is 20.1 Å². The molecule has 3 fully saturated rings. The van der Waals surface area contributed by atoms with Gasteiger partial charge in [-0.15, -0.1) is 11.6 Å². The molecule has 7 nitrogen and oxygen atoms in total. The molecule has 4 rings (SSSR count). The Morgan fingerprint density at radius 2 is 1.91 bits per heavy atom. The summed E-state index contributed by atoms with van der Waals surface area (Å²) in [6.45, 7) is 6.30. The number of hydrogen-bond acceptors (Lipinski definition) is 7. The van der Waals surface area contributed by atoms with E-state index in [1.165, 1.54) is 12.2 Å². The fraction of sp³-hybridized carbons (Fsp3) is 0.720. The van der Waals surface area contributed by atoms with Gasteiger partial charge in [0.25, 0.3) is 0 Å². The molecule has 0 aromatic rings. The molecule has 8 atom stereocenters. The summed E-state index contributed by atoms with van der Waals surface area (Å²) in [7, 11) is 0. The molecule has 8 unspecified atom stereocenters. The summed E-state index contributed by atoms with van der Waals surface area (Å²) < 4.78 is 5.63. The molecule has 3 N–H and O–H groups in total. The molecule has 0 aliphatic heterocycles. The molecule has 33 heavy (non-hydrogen) atoms. The smallest absolute Gasteiger partial charge is 0.310 e. The maximum atomic E-state index is 12.8. The van der Waals surface area contributed by atoms with Crippen LogP contribution in [0.5, 0.6) is 0 Å². The van der Waals surface area contributed by atoms with Crippen LogP contribution in [0, 0.1) is 28.6 Å². The number of carbonyl (C=O) groups excluding carboxylic acids is 3. The van der Waals surface area contributed by atoms with Crippen LogP contribution in [0.2, 0.25) is 0 Å². The Morgan fingerprint density at radius 3 is 2.52 bits per heavy atom. The molecular weight excluding hydrogens is 448 g/mol. The van der Waals surface area contributed by atoms with Crippen molar-refractivity contribution in [2.75, 3.05) is 6.61 Å². The van der Waals surface area contributed by atoms with Crippen molar-refractivity contribution in [1.82, 2.24) is 0 Å². The van der Waals surface area contributed by atoms with Gasteiger partial charge in [0.1, 0.15) is 18.0 Å². The number of hydrogen-bond donors (Lipinski definition) is 3. The van der Waals surface area contributed by atoms with Crippen LogP contribution in [0.25, 0.3) is 0 Å². The van der Waals surface area contributed by atoms with Crippen molar-refractivity contribution in [2.24, 2.45) is 28.6 Å². The first-order chi connectivity index (χ1) is 15.3. The molecule has 0 heterocycles. The first kappa shape index (κ1) is 24.6. The monoisotopic (exact) mass is 480 g/mol. The summed E-state index contributed by atoms with van der Waals surface area (Å²) in [5.41, 5.74) is -3.16. The first-order valence-corrected chi connectivity index (χ1v) is 12.1. The van der Waals surface area contributed by atoms with E-state index in [0.29, 0.717) is 19.3 Å². The average Bonchev–Trinajstić information content (AvgIpc) is 2.96.